The van der Waals surface area contributed by atoms with Gasteiger partial charge in [-0.2, -0.15) is 0 Å². The van der Waals surface area contributed by atoms with Crippen LogP contribution < -0.4 is 5.32 Å². The van der Waals surface area contributed by atoms with Crippen LogP contribution in [0.4, 0.5) is 4.39 Å². The molecule has 0 saturated heterocycles. The maximum absolute atomic E-state index is 14.1. The fraction of sp³-hybridized carbons (Fsp3) is 0.718. The first-order chi connectivity index (χ1) is 20.9. The molecule has 1 aromatic carbocycles. The van der Waals surface area contributed by atoms with Gasteiger partial charge in [-0.3, -0.25) is 14.4 Å². The van der Waals surface area contributed by atoms with Crippen LogP contribution in [-0.4, -0.2) is 24.8 Å². The number of halogens is 1. The molecule has 6 heteroatoms. The molecular formula is C39H54FNO4. The predicted octanol–water partition coefficient (Wildman–Crippen LogP) is 8.21. The Kier molecular flexibility index (Phi) is 7.57. The number of hydrogen-bond donors (Lipinski definition) is 1. The van der Waals surface area contributed by atoms with E-state index in [1.807, 2.05) is 0 Å². The SMILES string of the molecule is COC(=O)[C@]12CCC(C)(C)CC1C1=CCC3[C@@]4(C)CC(C(=O)NCc5ccc(F)cc5)C(=O)C(C)(C)C4CC[C@@]3(C)[C@]1(C)CC2. The van der Waals surface area contributed by atoms with Gasteiger partial charge < -0.3 is 10.1 Å². The number of nitrogens with one attached hydrogen (secondary N) is 1. The molecular weight excluding hydrogens is 565 g/mol. The van der Waals surface area contributed by atoms with Crippen LogP contribution in [0.1, 0.15) is 112 Å². The number of hydrogen-bond acceptors (Lipinski definition) is 4. The van der Waals surface area contributed by atoms with E-state index in [2.05, 4.69) is 59.9 Å². The third-order valence-corrected chi connectivity index (χ3v) is 14.7. The predicted molar refractivity (Wildman–Crippen MR) is 173 cm³/mol. The maximum atomic E-state index is 14.1. The topological polar surface area (TPSA) is 72.5 Å². The van der Waals surface area contributed by atoms with E-state index >= 15 is 0 Å². The van der Waals surface area contributed by atoms with Crippen molar-refractivity contribution in [2.24, 2.45) is 56.2 Å². The first-order valence-corrected chi connectivity index (χ1v) is 17.3. The third kappa shape index (κ3) is 4.61. The van der Waals surface area contributed by atoms with Crippen LogP contribution in [-0.2, 0) is 25.7 Å². The van der Waals surface area contributed by atoms with Crippen molar-refractivity contribution in [3.05, 3.63) is 47.3 Å². The molecule has 246 valence electrons. The van der Waals surface area contributed by atoms with Crippen LogP contribution in [0.5, 0.6) is 0 Å². The Balaban J connectivity index is 1.35. The molecule has 5 nitrogen and oxygen atoms in total. The minimum Gasteiger partial charge on any atom is -0.469 e. The van der Waals surface area contributed by atoms with E-state index in [9.17, 15) is 18.8 Å². The number of fused-ring (bicyclic) bond motifs is 7. The van der Waals surface area contributed by atoms with Crippen molar-refractivity contribution in [3.8, 4) is 0 Å². The number of ether oxygens (including phenoxy) is 1. The van der Waals surface area contributed by atoms with Crippen LogP contribution in [0.25, 0.3) is 0 Å². The van der Waals surface area contributed by atoms with Crippen molar-refractivity contribution in [2.75, 3.05) is 7.11 Å². The molecule has 0 aromatic heterocycles. The molecule has 0 radical (unpaired) electrons. The highest BCUT2D eigenvalue weighted by atomic mass is 19.1. The third-order valence-electron chi connectivity index (χ3n) is 14.7. The number of carbonyl (C=O) groups is 3. The highest BCUT2D eigenvalue weighted by Gasteiger charge is 2.70. The lowest BCUT2D eigenvalue weighted by Gasteiger charge is -2.71. The number of ketones is 1. The van der Waals surface area contributed by atoms with Gasteiger partial charge in [0.1, 0.15) is 5.82 Å². The summed E-state index contributed by atoms with van der Waals surface area (Å²) in [5.74, 6) is -0.518. The Bertz CT molecular complexity index is 1430. The van der Waals surface area contributed by atoms with Crippen molar-refractivity contribution in [1.29, 1.82) is 0 Å². The standard InChI is InChI=1S/C39H54FNO4/c1-34(2)17-19-39(33(44)45-8)20-18-37(6)27(28(39)22-34)13-14-30-36(5)21-26(32(43)41-23-24-9-11-25(40)12-10-24)31(42)35(3,4)29(36)15-16-38(30,37)7/h9-13,26,28-30H,14-23H2,1-8H3,(H,41,43)/t26?,28?,29?,30?,36-,37+,38+,39-/m0/s1. The molecule has 8 atom stereocenters. The largest absolute Gasteiger partial charge is 0.469 e. The van der Waals surface area contributed by atoms with Gasteiger partial charge >= 0.3 is 5.97 Å². The van der Waals surface area contributed by atoms with Gasteiger partial charge in [0.2, 0.25) is 5.91 Å². The molecule has 0 bridgehead atoms. The number of allylic oxidation sites excluding steroid dienone is 2. The van der Waals surface area contributed by atoms with Crippen LogP contribution >= 0.6 is 0 Å². The Hall–Kier alpha value is -2.50. The summed E-state index contributed by atoms with van der Waals surface area (Å²) in [6, 6.07) is 6.13. The average Bonchev–Trinajstić information content (AvgIpc) is 2.98. The zero-order valence-electron chi connectivity index (χ0n) is 28.8. The van der Waals surface area contributed by atoms with Crippen molar-refractivity contribution in [2.45, 2.75) is 113 Å². The van der Waals surface area contributed by atoms with Gasteiger partial charge in [0.05, 0.1) is 18.4 Å². The highest BCUT2D eigenvalue weighted by Crippen LogP contribution is 2.75. The van der Waals surface area contributed by atoms with E-state index in [-0.39, 0.29) is 63.5 Å². The Labute approximate surface area is 269 Å². The van der Waals surface area contributed by atoms with E-state index in [1.165, 1.54) is 17.7 Å². The van der Waals surface area contributed by atoms with Crippen LogP contribution in [0, 0.1) is 62.0 Å². The summed E-state index contributed by atoms with van der Waals surface area (Å²) in [6.45, 7) is 16.5. The monoisotopic (exact) mass is 619 g/mol. The van der Waals surface area contributed by atoms with E-state index in [4.69, 9.17) is 4.74 Å². The summed E-state index contributed by atoms with van der Waals surface area (Å²) in [5.41, 5.74) is 1.13. The molecule has 5 aliphatic rings. The van der Waals surface area contributed by atoms with Gasteiger partial charge in [-0.15, -0.1) is 0 Å². The van der Waals surface area contributed by atoms with Crippen molar-refractivity contribution >= 4 is 17.7 Å². The first-order valence-electron chi connectivity index (χ1n) is 17.3. The molecule has 4 unspecified atom stereocenters. The molecule has 0 heterocycles. The number of benzene rings is 1. The molecule has 0 aliphatic heterocycles. The fourth-order valence-corrected chi connectivity index (χ4v) is 11.9. The number of rotatable bonds is 4. The molecule has 45 heavy (non-hydrogen) atoms. The summed E-state index contributed by atoms with van der Waals surface area (Å²) in [4.78, 5) is 41.4. The van der Waals surface area contributed by atoms with Crippen molar-refractivity contribution in [3.63, 3.8) is 0 Å². The zero-order valence-corrected chi connectivity index (χ0v) is 28.8. The lowest BCUT2D eigenvalue weighted by Crippen LogP contribution is -2.66. The smallest absolute Gasteiger partial charge is 0.312 e. The number of methoxy groups -OCH3 is 1. The normalized spacial score (nSPS) is 41.4. The van der Waals surface area contributed by atoms with Crippen LogP contribution in [0.15, 0.2) is 35.9 Å². The first kappa shape index (κ1) is 32.4. The molecule has 5 aliphatic carbocycles. The highest BCUT2D eigenvalue weighted by molar-refractivity contribution is 6.04. The molecule has 4 saturated carbocycles. The van der Waals surface area contributed by atoms with Crippen LogP contribution in [0.2, 0.25) is 0 Å². The van der Waals surface area contributed by atoms with Gasteiger partial charge in [-0.25, -0.2) is 4.39 Å². The molecule has 4 fully saturated rings. The lowest BCUT2D eigenvalue weighted by molar-refractivity contribution is -0.196. The van der Waals surface area contributed by atoms with Gasteiger partial charge in [0, 0.05) is 12.0 Å². The van der Waals surface area contributed by atoms with Crippen LogP contribution in [0.3, 0.4) is 0 Å². The molecule has 1 N–H and O–H groups in total. The van der Waals surface area contributed by atoms with Gasteiger partial charge in [-0.05, 0) is 115 Å². The maximum Gasteiger partial charge on any atom is 0.312 e. The van der Waals surface area contributed by atoms with E-state index in [0.717, 1.165) is 56.9 Å². The Morgan fingerprint density at radius 3 is 2.24 bits per heavy atom. The second kappa shape index (κ2) is 10.5. The molecule has 1 aromatic rings. The summed E-state index contributed by atoms with van der Waals surface area (Å²) in [7, 11) is 1.55. The number of amides is 1. The minimum absolute atomic E-state index is 0.0161. The second-order valence-corrected chi connectivity index (χ2v) is 17.5. The summed E-state index contributed by atoms with van der Waals surface area (Å²) in [5, 5.41) is 3.02. The summed E-state index contributed by atoms with van der Waals surface area (Å²) < 4.78 is 19.0. The average molecular weight is 620 g/mol. The second-order valence-electron chi connectivity index (χ2n) is 17.5. The number of Topliss-reactive ketones (excluding diaryl/α,β-unsaturated/α-hetero) is 1. The number of esters is 1. The van der Waals surface area contributed by atoms with E-state index < -0.39 is 16.7 Å². The van der Waals surface area contributed by atoms with Crippen molar-refractivity contribution < 1.29 is 23.5 Å². The van der Waals surface area contributed by atoms with E-state index in [0.29, 0.717) is 12.3 Å². The van der Waals surface area contributed by atoms with Gasteiger partial charge in [-0.1, -0.05) is 72.2 Å². The minimum atomic E-state index is -0.709. The van der Waals surface area contributed by atoms with Gasteiger partial charge in [0.15, 0.2) is 5.78 Å². The van der Waals surface area contributed by atoms with E-state index in [1.54, 1.807) is 19.2 Å². The van der Waals surface area contributed by atoms with Gasteiger partial charge in [0.25, 0.3) is 0 Å². The molecule has 0 spiro atoms. The van der Waals surface area contributed by atoms with Crippen molar-refractivity contribution in [1.82, 2.24) is 5.32 Å². The Morgan fingerprint density at radius 2 is 1.58 bits per heavy atom. The number of carbonyl (C=O) groups excluding carboxylic acids is 3. The zero-order chi connectivity index (χ0) is 32.8. The summed E-state index contributed by atoms with van der Waals surface area (Å²) in [6.07, 6.45) is 10.7. The molecule has 6 rings (SSSR count). The lowest BCUT2D eigenvalue weighted by atomic mass is 9.33. The summed E-state index contributed by atoms with van der Waals surface area (Å²) >= 11 is 0. The quantitative estimate of drug-likeness (QED) is 0.209. The fourth-order valence-electron chi connectivity index (χ4n) is 11.9. The Morgan fingerprint density at radius 1 is 0.911 bits per heavy atom. The molecule has 1 amide bonds.